The highest BCUT2D eigenvalue weighted by Crippen LogP contribution is 2.38. The number of benzene rings is 1. The highest BCUT2D eigenvalue weighted by molar-refractivity contribution is 9.10. The van der Waals surface area contributed by atoms with Crippen LogP contribution in [-0.2, 0) is 4.79 Å². The number of aliphatic carboxylic acids is 1. The molecule has 2 aliphatic rings. The Morgan fingerprint density at radius 3 is 2.63 bits per heavy atom. The zero-order chi connectivity index (χ0) is 13.6. The highest BCUT2D eigenvalue weighted by atomic mass is 79.9. The number of hydrogen-bond acceptors (Lipinski definition) is 2. The molecule has 5 nitrogen and oxygen atoms in total. The number of rotatable bonds is 3. The summed E-state index contributed by atoms with van der Waals surface area (Å²) in [5.41, 5.74) is 1.03. The number of halogens is 1. The molecule has 1 saturated carbocycles. The van der Waals surface area contributed by atoms with Gasteiger partial charge in [0.1, 0.15) is 0 Å². The summed E-state index contributed by atoms with van der Waals surface area (Å²) in [6, 6.07) is 7.42. The zero-order valence-corrected chi connectivity index (χ0v) is 11.6. The molecule has 1 aliphatic carbocycles. The summed E-state index contributed by atoms with van der Waals surface area (Å²) < 4.78 is 0.991. The summed E-state index contributed by atoms with van der Waals surface area (Å²) in [5, 5.41) is 11.8. The first kappa shape index (κ1) is 12.5. The molecule has 1 aromatic rings. The van der Waals surface area contributed by atoms with Gasteiger partial charge in [-0.3, -0.25) is 4.79 Å². The van der Waals surface area contributed by atoms with Gasteiger partial charge in [-0.15, -0.1) is 0 Å². The minimum Gasteiger partial charge on any atom is -0.481 e. The van der Waals surface area contributed by atoms with Gasteiger partial charge >= 0.3 is 12.0 Å². The van der Waals surface area contributed by atoms with Gasteiger partial charge in [-0.1, -0.05) is 28.1 Å². The fraction of sp³-hybridized carbons (Fsp3) is 0.385. The van der Waals surface area contributed by atoms with Crippen molar-refractivity contribution in [3.8, 4) is 0 Å². The maximum atomic E-state index is 11.9. The molecule has 1 saturated heterocycles. The van der Waals surface area contributed by atoms with Crippen molar-refractivity contribution >= 4 is 27.9 Å². The molecule has 1 aromatic carbocycles. The quantitative estimate of drug-likeness (QED) is 0.893. The largest absolute Gasteiger partial charge is 0.481 e. The second-order valence-corrected chi connectivity index (χ2v) is 5.87. The summed E-state index contributed by atoms with van der Waals surface area (Å²) in [7, 11) is 0. The van der Waals surface area contributed by atoms with E-state index in [4.69, 9.17) is 5.11 Å². The SMILES string of the molecule is O=C(O)C1CC1N1CC(c2ccc(Br)cc2)NC1=O. The first-order valence-electron chi connectivity index (χ1n) is 6.11. The second kappa shape index (κ2) is 4.52. The maximum Gasteiger partial charge on any atom is 0.318 e. The zero-order valence-electron chi connectivity index (χ0n) is 10.0. The van der Waals surface area contributed by atoms with E-state index < -0.39 is 11.9 Å². The van der Waals surface area contributed by atoms with Crippen molar-refractivity contribution in [1.82, 2.24) is 10.2 Å². The minimum absolute atomic E-state index is 0.0596. The smallest absolute Gasteiger partial charge is 0.318 e. The van der Waals surface area contributed by atoms with Gasteiger partial charge in [-0.05, 0) is 24.1 Å². The molecule has 3 rings (SSSR count). The second-order valence-electron chi connectivity index (χ2n) is 4.95. The third-order valence-corrected chi connectivity index (χ3v) is 4.21. The Morgan fingerprint density at radius 2 is 2.05 bits per heavy atom. The monoisotopic (exact) mass is 324 g/mol. The molecule has 0 radical (unpaired) electrons. The number of carboxylic acids is 1. The maximum absolute atomic E-state index is 11.9. The van der Waals surface area contributed by atoms with E-state index in [0.29, 0.717) is 13.0 Å². The standard InChI is InChI=1S/C13H13BrN2O3/c14-8-3-1-7(2-4-8)10-6-16(13(19)15-10)11-5-9(11)12(17)18/h1-4,9-11H,5-6H2,(H,15,19)(H,17,18). The molecule has 2 fully saturated rings. The van der Waals surface area contributed by atoms with Gasteiger partial charge in [0.05, 0.1) is 12.0 Å². The van der Waals surface area contributed by atoms with Crippen molar-refractivity contribution in [2.45, 2.75) is 18.5 Å². The number of carbonyl (C=O) groups is 2. The molecule has 0 bridgehead atoms. The Balaban J connectivity index is 1.70. The van der Waals surface area contributed by atoms with E-state index in [-0.39, 0.29) is 18.1 Å². The first-order chi connectivity index (χ1) is 9.06. The van der Waals surface area contributed by atoms with Gasteiger partial charge in [0.2, 0.25) is 0 Å². The van der Waals surface area contributed by atoms with E-state index in [1.807, 2.05) is 24.3 Å². The molecule has 0 aromatic heterocycles. The van der Waals surface area contributed by atoms with E-state index in [2.05, 4.69) is 21.2 Å². The molecule has 1 heterocycles. The van der Waals surface area contributed by atoms with Crippen LogP contribution in [0.15, 0.2) is 28.7 Å². The summed E-state index contributed by atoms with van der Waals surface area (Å²) in [6.45, 7) is 0.537. The lowest BCUT2D eigenvalue weighted by Gasteiger charge is -2.14. The molecule has 1 aliphatic heterocycles. The Labute approximate surface area is 118 Å². The Hall–Kier alpha value is -1.56. The lowest BCUT2D eigenvalue weighted by Crippen LogP contribution is -2.32. The Kier molecular flexibility index (Phi) is 2.97. The molecule has 6 heteroatoms. The van der Waals surface area contributed by atoms with Crippen LogP contribution in [0.25, 0.3) is 0 Å². The van der Waals surface area contributed by atoms with Crippen LogP contribution in [0, 0.1) is 5.92 Å². The lowest BCUT2D eigenvalue weighted by atomic mass is 10.1. The molecule has 2 amide bonds. The fourth-order valence-corrected chi connectivity index (χ4v) is 2.78. The molecule has 19 heavy (non-hydrogen) atoms. The van der Waals surface area contributed by atoms with E-state index in [1.54, 1.807) is 4.90 Å². The first-order valence-corrected chi connectivity index (χ1v) is 6.91. The molecule has 100 valence electrons. The average Bonchev–Trinajstić information content (AvgIpc) is 3.08. The van der Waals surface area contributed by atoms with Gasteiger partial charge in [-0.25, -0.2) is 4.79 Å². The van der Waals surface area contributed by atoms with Crippen LogP contribution in [-0.4, -0.2) is 34.6 Å². The van der Waals surface area contributed by atoms with Crippen molar-refractivity contribution in [3.05, 3.63) is 34.3 Å². The Bertz CT molecular complexity index is 531. The number of urea groups is 1. The Morgan fingerprint density at radius 1 is 1.37 bits per heavy atom. The predicted octanol–water partition coefficient (Wildman–Crippen LogP) is 1.99. The number of carbonyl (C=O) groups excluding carboxylic acids is 1. The predicted molar refractivity (Wildman–Crippen MR) is 71.7 cm³/mol. The van der Waals surface area contributed by atoms with Crippen LogP contribution >= 0.6 is 15.9 Å². The van der Waals surface area contributed by atoms with Gasteiger partial charge in [0.25, 0.3) is 0 Å². The molecule has 2 N–H and O–H groups in total. The average molecular weight is 325 g/mol. The van der Waals surface area contributed by atoms with Crippen molar-refractivity contribution in [1.29, 1.82) is 0 Å². The number of carboxylic acid groups (broad SMARTS) is 1. The topological polar surface area (TPSA) is 69.6 Å². The van der Waals surface area contributed by atoms with Crippen LogP contribution in [0.1, 0.15) is 18.0 Å². The number of nitrogens with zero attached hydrogens (tertiary/aromatic N) is 1. The van der Waals surface area contributed by atoms with Crippen molar-refractivity contribution < 1.29 is 14.7 Å². The van der Waals surface area contributed by atoms with E-state index >= 15 is 0 Å². The van der Waals surface area contributed by atoms with Crippen LogP contribution in [0.4, 0.5) is 4.79 Å². The van der Waals surface area contributed by atoms with Crippen molar-refractivity contribution in [3.63, 3.8) is 0 Å². The molecular weight excluding hydrogens is 312 g/mol. The van der Waals surface area contributed by atoms with Crippen molar-refractivity contribution in [2.75, 3.05) is 6.54 Å². The summed E-state index contributed by atoms with van der Waals surface area (Å²) in [4.78, 5) is 24.4. The van der Waals surface area contributed by atoms with Crippen LogP contribution < -0.4 is 5.32 Å². The summed E-state index contributed by atoms with van der Waals surface area (Å²) in [6.07, 6.45) is 0.565. The fourth-order valence-electron chi connectivity index (χ4n) is 2.52. The molecule has 3 unspecified atom stereocenters. The lowest BCUT2D eigenvalue weighted by molar-refractivity contribution is -0.138. The van der Waals surface area contributed by atoms with Gasteiger partial charge in [-0.2, -0.15) is 0 Å². The molecule has 3 atom stereocenters. The third-order valence-electron chi connectivity index (χ3n) is 3.68. The van der Waals surface area contributed by atoms with Gasteiger partial charge in [0.15, 0.2) is 0 Å². The third kappa shape index (κ3) is 2.32. The molecule has 0 spiro atoms. The van der Waals surface area contributed by atoms with E-state index in [0.717, 1.165) is 10.0 Å². The summed E-state index contributed by atoms with van der Waals surface area (Å²) >= 11 is 3.37. The van der Waals surface area contributed by atoms with Crippen LogP contribution in [0.2, 0.25) is 0 Å². The van der Waals surface area contributed by atoms with Crippen LogP contribution in [0.5, 0.6) is 0 Å². The normalized spacial score (nSPS) is 29.2. The minimum atomic E-state index is -0.815. The number of hydrogen-bond donors (Lipinski definition) is 2. The molecular formula is C13H13BrN2O3. The van der Waals surface area contributed by atoms with E-state index in [9.17, 15) is 9.59 Å². The highest BCUT2D eigenvalue weighted by Gasteiger charge is 2.51. The number of amides is 2. The van der Waals surface area contributed by atoms with Gasteiger partial charge < -0.3 is 15.3 Å². The number of nitrogens with one attached hydrogen (secondary N) is 1. The van der Waals surface area contributed by atoms with Gasteiger partial charge in [0, 0.05) is 17.1 Å². The van der Waals surface area contributed by atoms with Crippen molar-refractivity contribution in [2.24, 2.45) is 5.92 Å². The van der Waals surface area contributed by atoms with E-state index in [1.165, 1.54) is 0 Å². The van der Waals surface area contributed by atoms with Crippen LogP contribution in [0.3, 0.4) is 0 Å². The summed E-state index contributed by atoms with van der Waals surface area (Å²) in [5.74, 6) is -1.21.